The number of carboxylic acid groups (broad SMARTS) is 2. The fourth-order valence-corrected chi connectivity index (χ4v) is 3.12. The number of nitrogens with zero attached hydrogens (tertiary/aromatic N) is 2. The minimum atomic E-state index is -1.49. The molecule has 0 saturated heterocycles. The van der Waals surface area contributed by atoms with Gasteiger partial charge in [-0.2, -0.15) is 0 Å². The third kappa shape index (κ3) is 4.30. The van der Waals surface area contributed by atoms with E-state index in [1.165, 1.54) is 25.5 Å². The Kier molecular flexibility index (Phi) is 6.17. The van der Waals surface area contributed by atoms with Gasteiger partial charge in [-0.25, -0.2) is 9.59 Å². The van der Waals surface area contributed by atoms with Gasteiger partial charge in [-0.3, -0.25) is 9.79 Å². The van der Waals surface area contributed by atoms with E-state index in [0.29, 0.717) is 0 Å². The number of nitrogens with one attached hydrogen (secondary N) is 1. The van der Waals surface area contributed by atoms with Crippen molar-refractivity contribution >= 4 is 41.0 Å². The Balaban J connectivity index is 2.27. The zero-order valence-electron chi connectivity index (χ0n) is 13.5. The molecule has 2 heterocycles. The summed E-state index contributed by atoms with van der Waals surface area (Å²) in [6, 6.07) is 1.48. The van der Waals surface area contributed by atoms with Gasteiger partial charge in [0.15, 0.2) is 11.8 Å². The van der Waals surface area contributed by atoms with Crippen LogP contribution >= 0.6 is 11.8 Å². The van der Waals surface area contributed by atoms with E-state index >= 15 is 0 Å². The molecule has 11 heteroatoms. The standard InChI is InChI=1S/C15H15N3O7S/c1-7-6-26-13(17-9(7)14(20)21)11(15(22)23)16-12(19)10(18-24-2)8-4-3-5-25-8/h3-5,11,13H,1,6H2,2H3,(H,16,19)(H,20,21)(H,22,23)/b18-10-. The summed E-state index contributed by atoms with van der Waals surface area (Å²) < 4.78 is 5.08. The highest BCUT2D eigenvalue weighted by Gasteiger charge is 2.36. The maximum absolute atomic E-state index is 12.4. The van der Waals surface area contributed by atoms with Crippen molar-refractivity contribution in [3.8, 4) is 0 Å². The van der Waals surface area contributed by atoms with E-state index in [0.717, 1.165) is 11.8 Å². The highest BCUT2D eigenvalue weighted by Crippen LogP contribution is 2.26. The van der Waals surface area contributed by atoms with Crippen LogP contribution in [0.15, 0.2) is 45.1 Å². The minimum Gasteiger partial charge on any atom is -0.480 e. The van der Waals surface area contributed by atoms with E-state index in [4.69, 9.17) is 9.52 Å². The minimum absolute atomic E-state index is 0.0768. The number of amides is 1. The van der Waals surface area contributed by atoms with Gasteiger partial charge in [0, 0.05) is 5.75 Å². The number of carbonyl (C=O) groups is 3. The number of aliphatic carboxylic acids is 2. The lowest BCUT2D eigenvalue weighted by atomic mass is 10.2. The molecular weight excluding hydrogens is 366 g/mol. The van der Waals surface area contributed by atoms with E-state index in [9.17, 15) is 19.5 Å². The molecule has 3 N–H and O–H groups in total. The second kappa shape index (κ2) is 8.34. The molecule has 2 rings (SSSR count). The molecule has 1 aliphatic rings. The van der Waals surface area contributed by atoms with Gasteiger partial charge in [0.25, 0.3) is 5.91 Å². The fourth-order valence-electron chi connectivity index (χ4n) is 2.05. The number of hydrogen-bond acceptors (Lipinski definition) is 8. The van der Waals surface area contributed by atoms with Crippen LogP contribution in [-0.2, 0) is 19.2 Å². The molecule has 138 valence electrons. The summed E-state index contributed by atoms with van der Waals surface area (Å²) in [5, 5.41) is 23.3. The largest absolute Gasteiger partial charge is 0.480 e. The van der Waals surface area contributed by atoms with Gasteiger partial charge in [0.05, 0.1) is 6.26 Å². The molecule has 0 spiro atoms. The average Bonchev–Trinajstić information content (AvgIpc) is 3.11. The number of furan rings is 1. The van der Waals surface area contributed by atoms with E-state index in [1.807, 2.05) is 0 Å². The first-order chi connectivity index (χ1) is 12.3. The van der Waals surface area contributed by atoms with Crippen LogP contribution in [0.1, 0.15) is 5.76 Å². The molecule has 1 aromatic heterocycles. The molecule has 0 bridgehead atoms. The zero-order chi connectivity index (χ0) is 19.3. The van der Waals surface area contributed by atoms with Gasteiger partial charge < -0.3 is 24.8 Å². The predicted molar refractivity (Wildman–Crippen MR) is 92.3 cm³/mol. The average molecular weight is 381 g/mol. The van der Waals surface area contributed by atoms with Crippen molar-refractivity contribution in [3.63, 3.8) is 0 Å². The second-order valence-electron chi connectivity index (χ2n) is 4.98. The number of aliphatic imine (C=N–C) groups is 1. The van der Waals surface area contributed by atoms with Crippen molar-refractivity contribution < 1.29 is 33.9 Å². The van der Waals surface area contributed by atoms with Gasteiger partial charge in [-0.1, -0.05) is 11.7 Å². The van der Waals surface area contributed by atoms with Crippen LogP contribution < -0.4 is 5.32 Å². The summed E-state index contributed by atoms with van der Waals surface area (Å²) in [7, 11) is 1.22. The quantitative estimate of drug-likeness (QED) is 0.452. The Morgan fingerprint density at radius 2 is 2.23 bits per heavy atom. The van der Waals surface area contributed by atoms with Crippen LogP contribution in [0.3, 0.4) is 0 Å². The molecule has 10 nitrogen and oxygen atoms in total. The Morgan fingerprint density at radius 1 is 1.50 bits per heavy atom. The summed E-state index contributed by atoms with van der Waals surface area (Å²) in [5.41, 5.74) is -0.311. The van der Waals surface area contributed by atoms with Crippen molar-refractivity contribution in [2.24, 2.45) is 10.1 Å². The molecular formula is C15H15N3O7S. The Morgan fingerprint density at radius 3 is 2.77 bits per heavy atom. The molecule has 1 aromatic rings. The van der Waals surface area contributed by atoms with Gasteiger partial charge in [-0.15, -0.1) is 11.8 Å². The molecule has 2 atom stereocenters. The molecule has 26 heavy (non-hydrogen) atoms. The Labute approximate surface area is 151 Å². The van der Waals surface area contributed by atoms with E-state index in [-0.39, 0.29) is 28.5 Å². The highest BCUT2D eigenvalue weighted by molar-refractivity contribution is 8.00. The van der Waals surface area contributed by atoms with Crippen molar-refractivity contribution in [1.82, 2.24) is 5.32 Å². The zero-order valence-corrected chi connectivity index (χ0v) is 14.4. The number of oxime groups is 1. The van der Waals surface area contributed by atoms with E-state index < -0.39 is 29.3 Å². The molecule has 0 fully saturated rings. The van der Waals surface area contributed by atoms with E-state index in [1.54, 1.807) is 0 Å². The van der Waals surface area contributed by atoms with Gasteiger partial charge in [0.1, 0.15) is 18.2 Å². The van der Waals surface area contributed by atoms with Crippen molar-refractivity contribution in [3.05, 3.63) is 36.3 Å². The SMILES string of the molecule is C=C1CSC(C(NC(=O)/C(=N\OC)c2ccco2)C(=O)O)N=C1C(=O)O. The molecule has 0 saturated carbocycles. The van der Waals surface area contributed by atoms with Crippen molar-refractivity contribution in [2.45, 2.75) is 11.4 Å². The number of carboxylic acids is 2. The van der Waals surface area contributed by atoms with Crippen molar-refractivity contribution in [1.29, 1.82) is 0 Å². The molecule has 1 aliphatic heterocycles. The fraction of sp³-hybridized carbons (Fsp3) is 0.267. The predicted octanol–water partition coefficient (Wildman–Crippen LogP) is 0.354. The lowest BCUT2D eigenvalue weighted by Crippen LogP contribution is -2.50. The van der Waals surface area contributed by atoms with Crippen LogP contribution in [0.25, 0.3) is 0 Å². The van der Waals surface area contributed by atoms with Gasteiger partial charge in [0.2, 0.25) is 5.71 Å². The van der Waals surface area contributed by atoms with Crippen LogP contribution in [0.4, 0.5) is 0 Å². The van der Waals surface area contributed by atoms with Crippen LogP contribution in [-0.4, -0.2) is 63.8 Å². The van der Waals surface area contributed by atoms with Crippen molar-refractivity contribution in [2.75, 3.05) is 12.9 Å². The lowest BCUT2D eigenvalue weighted by Gasteiger charge is -2.25. The number of rotatable bonds is 7. The maximum Gasteiger partial charge on any atom is 0.354 e. The van der Waals surface area contributed by atoms with Crippen LogP contribution in [0.2, 0.25) is 0 Å². The smallest absolute Gasteiger partial charge is 0.354 e. The molecule has 2 unspecified atom stereocenters. The van der Waals surface area contributed by atoms with Gasteiger partial charge >= 0.3 is 11.9 Å². The monoisotopic (exact) mass is 381 g/mol. The molecule has 1 amide bonds. The first-order valence-electron chi connectivity index (χ1n) is 7.14. The summed E-state index contributed by atoms with van der Waals surface area (Å²) in [6.45, 7) is 3.59. The second-order valence-corrected chi connectivity index (χ2v) is 6.08. The Bertz CT molecular complexity index is 785. The lowest BCUT2D eigenvalue weighted by molar-refractivity contribution is -0.141. The third-order valence-electron chi connectivity index (χ3n) is 3.21. The summed E-state index contributed by atoms with van der Waals surface area (Å²) in [4.78, 5) is 43.7. The normalized spacial score (nSPS) is 18.7. The van der Waals surface area contributed by atoms with E-state index in [2.05, 4.69) is 26.9 Å². The summed E-state index contributed by atoms with van der Waals surface area (Å²) >= 11 is 1.05. The third-order valence-corrected chi connectivity index (χ3v) is 4.45. The molecule has 0 aromatic carbocycles. The topological polar surface area (TPSA) is 151 Å². The maximum atomic E-state index is 12.4. The Hall–Kier alpha value is -3.08. The number of hydrogen-bond donors (Lipinski definition) is 3. The number of thioether (sulfide) groups is 1. The first-order valence-corrected chi connectivity index (χ1v) is 8.19. The summed E-state index contributed by atoms with van der Waals surface area (Å²) in [5.74, 6) is -3.31. The number of carbonyl (C=O) groups excluding carboxylic acids is 1. The molecule has 0 radical (unpaired) electrons. The van der Waals surface area contributed by atoms with Gasteiger partial charge in [-0.05, 0) is 17.7 Å². The van der Waals surface area contributed by atoms with Crippen LogP contribution in [0.5, 0.6) is 0 Å². The summed E-state index contributed by atoms with van der Waals surface area (Å²) in [6.07, 6.45) is 1.31. The highest BCUT2D eigenvalue weighted by atomic mass is 32.2. The first kappa shape index (κ1) is 19.2. The molecule has 0 aliphatic carbocycles. The van der Waals surface area contributed by atoms with Crippen LogP contribution in [0, 0.1) is 0 Å².